The van der Waals surface area contributed by atoms with Gasteiger partial charge in [-0.2, -0.15) is 0 Å². The van der Waals surface area contributed by atoms with Crippen molar-refractivity contribution in [3.8, 4) is 5.75 Å². The standard InChI is InChI=1S/C29H29N3O4/c1-36-22-10-5-9-21(15-22)28-13-14-31(18-20-7-3-2-4-8-20)19-29(28,33)16-24-23-11-6-12-26(32(34)35)27(23)30-25(24)17-28/h2-12,15,30,33H,13-14,16-19H2,1H3. The lowest BCUT2D eigenvalue weighted by Crippen LogP contribution is -2.66. The first-order valence-electron chi connectivity index (χ1n) is 12.3. The number of β-amino-alcohol motifs (C(OH)–C–C–N with tert-alkyl or cyclic N) is 1. The summed E-state index contributed by atoms with van der Waals surface area (Å²) in [7, 11) is 1.65. The zero-order valence-electron chi connectivity index (χ0n) is 20.2. The number of nitro benzene ring substituents is 1. The lowest BCUT2D eigenvalue weighted by Gasteiger charge is -2.56. The smallest absolute Gasteiger partial charge is 0.293 e. The fraction of sp³-hybridized carbons (Fsp3) is 0.310. The second kappa shape index (κ2) is 8.47. The summed E-state index contributed by atoms with van der Waals surface area (Å²) in [6.07, 6.45) is 1.77. The van der Waals surface area contributed by atoms with Gasteiger partial charge in [0.1, 0.15) is 11.3 Å². The number of methoxy groups -OCH3 is 1. The molecule has 0 radical (unpaired) electrons. The van der Waals surface area contributed by atoms with Gasteiger partial charge in [0.05, 0.1) is 17.6 Å². The van der Waals surface area contributed by atoms with Gasteiger partial charge in [-0.1, -0.05) is 54.6 Å². The van der Waals surface area contributed by atoms with E-state index in [0.29, 0.717) is 24.9 Å². The fourth-order valence-corrected chi connectivity index (χ4v) is 6.48. The molecule has 36 heavy (non-hydrogen) atoms. The Kier molecular flexibility index (Phi) is 5.35. The van der Waals surface area contributed by atoms with Crippen LogP contribution in [-0.4, -0.2) is 45.7 Å². The number of hydrogen-bond donors (Lipinski definition) is 2. The van der Waals surface area contributed by atoms with Crippen molar-refractivity contribution in [1.29, 1.82) is 0 Å². The minimum atomic E-state index is -1.06. The van der Waals surface area contributed by atoms with E-state index in [9.17, 15) is 15.2 Å². The Hall–Kier alpha value is -3.68. The van der Waals surface area contributed by atoms with E-state index in [4.69, 9.17) is 4.74 Å². The van der Waals surface area contributed by atoms with Crippen molar-refractivity contribution in [2.24, 2.45) is 0 Å². The summed E-state index contributed by atoms with van der Waals surface area (Å²) in [4.78, 5) is 17.1. The number of hydrogen-bond acceptors (Lipinski definition) is 5. The number of ether oxygens (including phenoxy) is 1. The Morgan fingerprint density at radius 3 is 2.67 bits per heavy atom. The minimum absolute atomic E-state index is 0.0676. The maximum Gasteiger partial charge on any atom is 0.293 e. The summed E-state index contributed by atoms with van der Waals surface area (Å²) in [5, 5.41) is 25.1. The van der Waals surface area contributed by atoms with E-state index in [1.54, 1.807) is 13.2 Å². The number of aromatic nitrogens is 1. The molecule has 1 saturated heterocycles. The predicted octanol–water partition coefficient (Wildman–Crippen LogP) is 4.76. The van der Waals surface area contributed by atoms with Crippen LogP contribution in [0.2, 0.25) is 0 Å². The van der Waals surface area contributed by atoms with Gasteiger partial charge < -0.3 is 14.8 Å². The van der Waals surface area contributed by atoms with Crippen molar-refractivity contribution in [1.82, 2.24) is 9.88 Å². The van der Waals surface area contributed by atoms with Gasteiger partial charge in [0.2, 0.25) is 0 Å². The molecular weight excluding hydrogens is 454 g/mol. The van der Waals surface area contributed by atoms with Gasteiger partial charge >= 0.3 is 0 Å². The van der Waals surface area contributed by atoms with Crippen LogP contribution in [0.15, 0.2) is 72.8 Å². The first kappa shape index (κ1) is 22.8. The van der Waals surface area contributed by atoms with Crippen LogP contribution in [0.4, 0.5) is 5.69 Å². The van der Waals surface area contributed by atoms with Crippen LogP contribution in [-0.2, 0) is 24.8 Å². The monoisotopic (exact) mass is 483 g/mol. The van der Waals surface area contributed by atoms with Gasteiger partial charge in [0.15, 0.2) is 0 Å². The first-order valence-corrected chi connectivity index (χ1v) is 12.3. The lowest BCUT2D eigenvalue weighted by molar-refractivity contribution is -0.383. The summed E-state index contributed by atoms with van der Waals surface area (Å²) in [6.45, 7) is 2.12. The molecule has 184 valence electrons. The second-order valence-electron chi connectivity index (χ2n) is 10.2. The van der Waals surface area contributed by atoms with Crippen LogP contribution >= 0.6 is 0 Å². The van der Waals surface area contributed by atoms with Crippen molar-refractivity contribution < 1.29 is 14.8 Å². The highest BCUT2D eigenvalue weighted by molar-refractivity contribution is 5.92. The Morgan fingerprint density at radius 1 is 1.08 bits per heavy atom. The molecule has 2 unspecified atom stereocenters. The van der Waals surface area contributed by atoms with Crippen LogP contribution in [0, 0.1) is 10.1 Å². The normalized spacial score (nSPS) is 23.7. The molecule has 2 N–H and O–H groups in total. The average Bonchev–Trinajstić information content (AvgIpc) is 3.24. The molecule has 1 aliphatic carbocycles. The fourth-order valence-electron chi connectivity index (χ4n) is 6.48. The molecule has 2 heterocycles. The summed E-state index contributed by atoms with van der Waals surface area (Å²) in [6, 6.07) is 23.5. The van der Waals surface area contributed by atoms with Gasteiger partial charge in [-0.15, -0.1) is 0 Å². The summed E-state index contributed by atoms with van der Waals surface area (Å²) >= 11 is 0. The van der Waals surface area contributed by atoms with E-state index >= 15 is 0 Å². The third kappa shape index (κ3) is 3.50. The van der Waals surface area contributed by atoms with E-state index in [2.05, 4.69) is 28.1 Å². The highest BCUT2D eigenvalue weighted by atomic mass is 16.6. The second-order valence-corrected chi connectivity index (χ2v) is 10.2. The number of para-hydroxylation sites is 1. The van der Waals surface area contributed by atoms with Crippen molar-refractivity contribution in [3.63, 3.8) is 0 Å². The molecule has 1 fully saturated rings. The SMILES string of the molecule is COc1cccc(C23CCN(Cc4ccccc4)CC2(O)Cc2c([nH]c4c([N+](=O)[O-])cccc24)C3)c1. The van der Waals surface area contributed by atoms with Gasteiger partial charge in [-0.25, -0.2) is 0 Å². The molecule has 7 nitrogen and oxygen atoms in total. The van der Waals surface area contributed by atoms with Gasteiger partial charge in [0, 0.05) is 48.5 Å². The van der Waals surface area contributed by atoms with Gasteiger partial charge in [-0.3, -0.25) is 15.0 Å². The third-order valence-electron chi connectivity index (χ3n) is 8.25. The summed E-state index contributed by atoms with van der Waals surface area (Å²) in [5.41, 5.74) is 3.22. The van der Waals surface area contributed by atoms with Crippen molar-refractivity contribution >= 4 is 16.6 Å². The molecule has 1 aromatic heterocycles. The maximum absolute atomic E-state index is 12.6. The van der Waals surface area contributed by atoms with Crippen molar-refractivity contribution in [2.45, 2.75) is 36.8 Å². The molecule has 0 spiro atoms. The predicted molar refractivity (Wildman–Crippen MR) is 138 cm³/mol. The Balaban J connectivity index is 1.48. The molecule has 0 bridgehead atoms. The molecule has 0 amide bonds. The number of aliphatic hydroxyl groups is 1. The zero-order chi connectivity index (χ0) is 24.9. The number of benzene rings is 3. The topological polar surface area (TPSA) is 91.6 Å². The van der Waals surface area contributed by atoms with Crippen LogP contribution < -0.4 is 4.74 Å². The van der Waals surface area contributed by atoms with Gasteiger partial charge in [-0.05, 0) is 41.8 Å². The molecule has 7 heteroatoms. The van der Waals surface area contributed by atoms with Gasteiger partial charge in [0.25, 0.3) is 5.69 Å². The molecule has 4 aromatic rings. The zero-order valence-corrected chi connectivity index (χ0v) is 20.2. The van der Waals surface area contributed by atoms with Crippen molar-refractivity contribution in [2.75, 3.05) is 20.2 Å². The number of likely N-dealkylation sites (tertiary alicyclic amines) is 1. The summed E-state index contributed by atoms with van der Waals surface area (Å²) in [5.74, 6) is 0.758. The quantitative estimate of drug-likeness (QED) is 0.316. The Morgan fingerprint density at radius 2 is 1.89 bits per heavy atom. The maximum atomic E-state index is 12.6. The van der Waals surface area contributed by atoms with E-state index in [1.807, 2.05) is 42.5 Å². The molecular formula is C29H29N3O4. The highest BCUT2D eigenvalue weighted by Gasteiger charge is 2.57. The number of fused-ring (bicyclic) bond motifs is 4. The molecule has 2 aliphatic rings. The lowest BCUT2D eigenvalue weighted by atomic mass is 9.56. The minimum Gasteiger partial charge on any atom is -0.497 e. The van der Waals surface area contributed by atoms with Crippen LogP contribution in [0.5, 0.6) is 5.75 Å². The third-order valence-corrected chi connectivity index (χ3v) is 8.25. The molecule has 1 aliphatic heterocycles. The van der Waals surface area contributed by atoms with Crippen molar-refractivity contribution in [3.05, 3.63) is 105 Å². The number of piperidine rings is 1. The Labute approximate surface area is 209 Å². The molecule has 0 saturated carbocycles. The largest absolute Gasteiger partial charge is 0.497 e. The molecule has 2 atom stereocenters. The van der Waals surface area contributed by atoms with Crippen LogP contribution in [0.3, 0.4) is 0 Å². The molecule has 6 rings (SSSR count). The van der Waals surface area contributed by atoms with E-state index in [1.165, 1.54) is 11.6 Å². The number of aromatic amines is 1. The first-order chi connectivity index (χ1) is 17.4. The number of nitrogens with one attached hydrogen (secondary N) is 1. The van der Waals surface area contributed by atoms with Crippen LogP contribution in [0.25, 0.3) is 10.9 Å². The average molecular weight is 484 g/mol. The van der Waals surface area contributed by atoms with Crippen LogP contribution in [0.1, 0.15) is 28.8 Å². The summed E-state index contributed by atoms with van der Waals surface area (Å²) < 4.78 is 5.54. The van der Waals surface area contributed by atoms with E-state index in [0.717, 1.165) is 47.5 Å². The highest BCUT2D eigenvalue weighted by Crippen LogP contribution is 2.52. The number of nitro groups is 1. The number of H-pyrrole nitrogens is 1. The number of rotatable bonds is 5. The van der Waals surface area contributed by atoms with E-state index in [-0.39, 0.29) is 10.6 Å². The molecule has 3 aromatic carbocycles. The number of non-ortho nitro benzene ring substituents is 1. The Bertz CT molecular complexity index is 1450. The van der Waals surface area contributed by atoms with E-state index < -0.39 is 11.0 Å². The number of nitrogens with zero attached hydrogens (tertiary/aromatic N) is 2.